The Morgan fingerprint density at radius 1 is 1.14 bits per heavy atom. The van der Waals surface area contributed by atoms with Crippen LogP contribution >= 0.6 is 11.6 Å². The minimum Gasteiger partial charge on any atom is -0.497 e. The van der Waals surface area contributed by atoms with Crippen LogP contribution in [0.15, 0.2) is 48.5 Å². The van der Waals surface area contributed by atoms with Crippen LogP contribution in [0.25, 0.3) is 0 Å². The number of halogens is 1. The molecule has 9 heteroatoms. The molecule has 0 aliphatic rings. The summed E-state index contributed by atoms with van der Waals surface area (Å²) in [6.45, 7) is -0.472. The van der Waals surface area contributed by atoms with Crippen LogP contribution in [0, 0.1) is 0 Å². The van der Waals surface area contributed by atoms with Crippen LogP contribution in [0.2, 0.25) is 5.02 Å². The van der Waals surface area contributed by atoms with E-state index in [4.69, 9.17) is 26.8 Å². The molecule has 0 radical (unpaired) electrons. The fraction of sp³-hybridized carbons (Fsp3) is 0.211. The highest BCUT2D eigenvalue weighted by Crippen LogP contribution is 2.20. The van der Waals surface area contributed by atoms with Gasteiger partial charge in [-0.2, -0.15) is 0 Å². The molecule has 0 saturated heterocycles. The molecular formula is C19H20ClN3O5. The van der Waals surface area contributed by atoms with Gasteiger partial charge in [0.05, 0.1) is 19.6 Å². The molecule has 0 saturated carbocycles. The fourth-order valence-corrected chi connectivity index (χ4v) is 2.51. The molecule has 0 bridgehead atoms. The van der Waals surface area contributed by atoms with Gasteiger partial charge in [0.15, 0.2) is 6.61 Å². The van der Waals surface area contributed by atoms with Crippen molar-refractivity contribution in [1.29, 1.82) is 0 Å². The lowest BCUT2D eigenvalue weighted by atomic mass is 10.0. The number of nitrogens with one attached hydrogen (secondary N) is 2. The number of hydrogen-bond acceptors (Lipinski definition) is 5. The quantitative estimate of drug-likeness (QED) is 0.583. The Morgan fingerprint density at radius 2 is 1.86 bits per heavy atom. The third kappa shape index (κ3) is 6.81. The molecule has 0 fully saturated rings. The number of rotatable bonds is 8. The zero-order valence-electron chi connectivity index (χ0n) is 15.1. The lowest BCUT2D eigenvalue weighted by Gasteiger charge is -2.17. The maximum Gasteiger partial charge on any atom is 0.312 e. The first-order valence-corrected chi connectivity index (χ1v) is 8.66. The molecule has 0 aliphatic heterocycles. The molecule has 1 atom stereocenters. The van der Waals surface area contributed by atoms with Crippen molar-refractivity contribution in [2.24, 2.45) is 5.73 Å². The smallest absolute Gasteiger partial charge is 0.312 e. The van der Waals surface area contributed by atoms with Crippen molar-refractivity contribution in [3.8, 4) is 5.75 Å². The molecule has 8 nitrogen and oxygen atoms in total. The first kappa shape index (κ1) is 21.0. The van der Waals surface area contributed by atoms with Gasteiger partial charge in [-0.05, 0) is 29.8 Å². The van der Waals surface area contributed by atoms with E-state index in [2.05, 4.69) is 10.6 Å². The Morgan fingerprint density at radius 3 is 2.50 bits per heavy atom. The van der Waals surface area contributed by atoms with E-state index in [1.165, 1.54) is 7.11 Å². The Labute approximate surface area is 166 Å². The summed E-state index contributed by atoms with van der Waals surface area (Å²) in [7, 11) is 1.51. The van der Waals surface area contributed by atoms with Crippen LogP contribution in [0.1, 0.15) is 18.0 Å². The minimum absolute atomic E-state index is 0.197. The molecule has 0 spiro atoms. The van der Waals surface area contributed by atoms with E-state index in [0.29, 0.717) is 22.0 Å². The van der Waals surface area contributed by atoms with E-state index in [1.807, 2.05) is 0 Å². The highest BCUT2D eigenvalue weighted by molar-refractivity contribution is 6.30. The van der Waals surface area contributed by atoms with Crippen molar-refractivity contribution in [2.45, 2.75) is 12.5 Å². The predicted molar refractivity (Wildman–Crippen MR) is 104 cm³/mol. The van der Waals surface area contributed by atoms with E-state index >= 15 is 0 Å². The highest BCUT2D eigenvalue weighted by Gasteiger charge is 2.19. The molecular weight excluding hydrogens is 386 g/mol. The number of primary amides is 1. The molecule has 2 aromatic carbocycles. The molecule has 3 amide bonds. The third-order valence-electron chi connectivity index (χ3n) is 3.68. The monoisotopic (exact) mass is 405 g/mol. The summed E-state index contributed by atoms with van der Waals surface area (Å²) in [5.41, 5.74) is 6.30. The second kappa shape index (κ2) is 10.2. The highest BCUT2D eigenvalue weighted by atomic mass is 35.5. The van der Waals surface area contributed by atoms with Gasteiger partial charge in [0, 0.05) is 16.8 Å². The molecule has 0 unspecified atom stereocenters. The topological polar surface area (TPSA) is 120 Å². The van der Waals surface area contributed by atoms with Gasteiger partial charge in [-0.1, -0.05) is 29.8 Å². The van der Waals surface area contributed by atoms with Crippen LogP contribution in [-0.2, 0) is 14.3 Å². The number of esters is 1. The number of ether oxygens (including phenoxy) is 2. The summed E-state index contributed by atoms with van der Waals surface area (Å²) in [6.07, 6.45) is -0.197. The van der Waals surface area contributed by atoms with E-state index < -0.39 is 30.6 Å². The first-order valence-electron chi connectivity index (χ1n) is 8.28. The van der Waals surface area contributed by atoms with E-state index in [9.17, 15) is 14.4 Å². The lowest BCUT2D eigenvalue weighted by Crippen LogP contribution is -2.35. The number of methoxy groups -OCH3 is 1. The van der Waals surface area contributed by atoms with Gasteiger partial charge in [-0.25, -0.2) is 4.79 Å². The summed E-state index contributed by atoms with van der Waals surface area (Å²) >= 11 is 5.84. The number of anilines is 1. The largest absolute Gasteiger partial charge is 0.497 e. The zero-order valence-corrected chi connectivity index (χ0v) is 15.9. The number of benzene rings is 2. The van der Waals surface area contributed by atoms with Gasteiger partial charge in [-0.3, -0.25) is 9.59 Å². The van der Waals surface area contributed by atoms with Gasteiger partial charge in [0.1, 0.15) is 5.75 Å². The SMILES string of the molecule is COc1cccc(NC(=O)COC(=O)C[C@H](NC(N)=O)c2ccc(Cl)cc2)c1. The van der Waals surface area contributed by atoms with Crippen LogP contribution in [0.3, 0.4) is 0 Å². The Kier molecular flexibility index (Phi) is 7.65. The maximum atomic E-state index is 12.1. The number of carbonyl (C=O) groups excluding carboxylic acids is 3. The Balaban J connectivity index is 1.90. The second-order valence-electron chi connectivity index (χ2n) is 5.76. The zero-order chi connectivity index (χ0) is 20.5. The van der Waals surface area contributed by atoms with Crippen LogP contribution in [-0.4, -0.2) is 31.6 Å². The molecule has 2 aromatic rings. The van der Waals surface area contributed by atoms with Gasteiger partial charge in [-0.15, -0.1) is 0 Å². The number of amides is 3. The maximum absolute atomic E-state index is 12.1. The summed E-state index contributed by atoms with van der Waals surface area (Å²) in [4.78, 5) is 35.3. The Hall–Kier alpha value is -3.26. The van der Waals surface area contributed by atoms with Crippen LogP contribution in [0.4, 0.5) is 10.5 Å². The van der Waals surface area contributed by atoms with Gasteiger partial charge < -0.3 is 25.8 Å². The second-order valence-corrected chi connectivity index (χ2v) is 6.19. The van der Waals surface area contributed by atoms with Gasteiger partial charge >= 0.3 is 12.0 Å². The lowest BCUT2D eigenvalue weighted by molar-refractivity contribution is -0.147. The van der Waals surface area contributed by atoms with E-state index in [1.54, 1.807) is 48.5 Å². The van der Waals surface area contributed by atoms with E-state index in [0.717, 1.165) is 0 Å². The normalized spacial score (nSPS) is 11.2. The predicted octanol–water partition coefficient (Wildman–Crippen LogP) is 2.63. The molecule has 2 rings (SSSR count). The van der Waals surface area contributed by atoms with Crippen molar-refractivity contribution in [1.82, 2.24) is 5.32 Å². The molecule has 0 heterocycles. The summed E-state index contributed by atoms with van der Waals surface area (Å²) in [6, 6.07) is 11.8. The third-order valence-corrected chi connectivity index (χ3v) is 3.93. The summed E-state index contributed by atoms with van der Waals surface area (Å²) < 4.78 is 10.1. The van der Waals surface area contributed by atoms with Crippen molar-refractivity contribution in [2.75, 3.05) is 19.0 Å². The average molecular weight is 406 g/mol. The standard InChI is InChI=1S/C19H20ClN3O5/c1-27-15-4-2-3-14(9-15)22-17(24)11-28-18(25)10-16(23-19(21)26)12-5-7-13(20)8-6-12/h2-9,16H,10-11H2,1H3,(H,22,24)(H3,21,23,26)/t16-/m0/s1. The molecule has 0 aliphatic carbocycles. The van der Waals surface area contributed by atoms with Crippen LogP contribution < -0.4 is 21.1 Å². The molecule has 4 N–H and O–H groups in total. The van der Waals surface area contributed by atoms with E-state index in [-0.39, 0.29) is 6.42 Å². The van der Waals surface area contributed by atoms with Crippen molar-refractivity contribution in [3.05, 3.63) is 59.1 Å². The molecule has 28 heavy (non-hydrogen) atoms. The van der Waals surface area contributed by atoms with Gasteiger partial charge in [0.25, 0.3) is 5.91 Å². The number of carbonyl (C=O) groups is 3. The fourth-order valence-electron chi connectivity index (χ4n) is 2.39. The van der Waals surface area contributed by atoms with Crippen LogP contribution in [0.5, 0.6) is 5.75 Å². The molecule has 148 valence electrons. The first-order chi connectivity index (χ1) is 13.4. The summed E-state index contributed by atoms with van der Waals surface area (Å²) in [5, 5.41) is 5.57. The van der Waals surface area contributed by atoms with Crippen molar-refractivity contribution in [3.63, 3.8) is 0 Å². The average Bonchev–Trinajstić information content (AvgIpc) is 2.66. The van der Waals surface area contributed by atoms with Gasteiger partial charge in [0.2, 0.25) is 0 Å². The van der Waals surface area contributed by atoms with Crippen molar-refractivity contribution < 1.29 is 23.9 Å². The minimum atomic E-state index is -0.788. The number of urea groups is 1. The van der Waals surface area contributed by atoms with Crippen molar-refractivity contribution >= 4 is 35.2 Å². The Bertz CT molecular complexity index is 842. The number of nitrogens with two attached hydrogens (primary N) is 1. The number of hydrogen-bond donors (Lipinski definition) is 3. The summed E-state index contributed by atoms with van der Waals surface area (Å²) in [5.74, 6) is -0.597. The molecule has 0 aromatic heterocycles.